The summed E-state index contributed by atoms with van der Waals surface area (Å²) in [4.78, 5) is 0. The Morgan fingerprint density at radius 2 is 1.79 bits per heavy atom. The topological polar surface area (TPSA) is 41.5 Å². The molecule has 0 radical (unpaired) electrons. The third-order valence-corrected chi connectivity index (χ3v) is 4.60. The number of para-hydroxylation sites is 1. The lowest BCUT2D eigenvalue weighted by Crippen LogP contribution is -2.30. The van der Waals surface area contributed by atoms with Crippen molar-refractivity contribution in [3.63, 3.8) is 0 Å². The molecular formula is C21H29NO2. The molecule has 0 saturated heterocycles. The van der Waals surface area contributed by atoms with Gasteiger partial charge in [0.25, 0.3) is 0 Å². The standard InChI is InChI=1S/C21H29NO2/c1-4-20(19-11-7-8-12-21(19)24-3)22-14-17(15-23)13-18-10-6-5-9-16(18)2/h5-12,17,20,22-23H,4,13-15H2,1-3H3. The predicted octanol–water partition coefficient (Wildman–Crippen LogP) is 3.90. The number of aryl methyl sites for hydroxylation is 1. The van der Waals surface area contributed by atoms with Crippen molar-refractivity contribution in [2.75, 3.05) is 20.3 Å². The molecule has 0 aliphatic carbocycles. The van der Waals surface area contributed by atoms with Gasteiger partial charge < -0.3 is 15.2 Å². The van der Waals surface area contributed by atoms with Gasteiger partial charge in [0, 0.05) is 24.8 Å². The first-order valence-electron chi connectivity index (χ1n) is 8.71. The molecule has 2 unspecified atom stereocenters. The summed E-state index contributed by atoms with van der Waals surface area (Å²) in [7, 11) is 1.71. The second kappa shape index (κ2) is 9.45. The van der Waals surface area contributed by atoms with E-state index in [0.29, 0.717) is 0 Å². The van der Waals surface area contributed by atoms with Crippen molar-refractivity contribution < 1.29 is 9.84 Å². The van der Waals surface area contributed by atoms with E-state index in [1.165, 1.54) is 16.7 Å². The van der Waals surface area contributed by atoms with E-state index in [0.717, 1.165) is 25.1 Å². The van der Waals surface area contributed by atoms with E-state index in [-0.39, 0.29) is 18.6 Å². The number of benzene rings is 2. The van der Waals surface area contributed by atoms with Gasteiger partial charge in [0.05, 0.1) is 7.11 Å². The zero-order chi connectivity index (χ0) is 17.4. The Balaban J connectivity index is 2.01. The largest absolute Gasteiger partial charge is 0.496 e. The molecule has 0 aromatic heterocycles. The van der Waals surface area contributed by atoms with E-state index in [1.807, 2.05) is 18.2 Å². The molecule has 2 aromatic rings. The molecule has 0 amide bonds. The molecule has 24 heavy (non-hydrogen) atoms. The number of hydrogen-bond acceptors (Lipinski definition) is 3. The van der Waals surface area contributed by atoms with Crippen LogP contribution in [0.2, 0.25) is 0 Å². The van der Waals surface area contributed by atoms with Gasteiger partial charge in [0.2, 0.25) is 0 Å². The number of aliphatic hydroxyl groups excluding tert-OH is 1. The molecule has 0 saturated carbocycles. The molecule has 0 bridgehead atoms. The molecule has 0 aliphatic heterocycles. The Morgan fingerprint density at radius 1 is 1.08 bits per heavy atom. The van der Waals surface area contributed by atoms with E-state index >= 15 is 0 Å². The zero-order valence-corrected chi connectivity index (χ0v) is 15.0. The van der Waals surface area contributed by atoms with Crippen LogP contribution < -0.4 is 10.1 Å². The summed E-state index contributed by atoms with van der Waals surface area (Å²) < 4.78 is 5.48. The third-order valence-electron chi connectivity index (χ3n) is 4.60. The van der Waals surface area contributed by atoms with Crippen LogP contribution in [0, 0.1) is 12.8 Å². The first kappa shape index (κ1) is 18.5. The third kappa shape index (κ3) is 4.83. The molecule has 0 spiro atoms. The Bertz CT molecular complexity index is 627. The maximum atomic E-state index is 9.77. The van der Waals surface area contributed by atoms with Gasteiger partial charge in [0.15, 0.2) is 0 Å². The van der Waals surface area contributed by atoms with Crippen molar-refractivity contribution in [3.8, 4) is 5.75 Å². The first-order valence-corrected chi connectivity index (χ1v) is 8.71. The van der Waals surface area contributed by atoms with Gasteiger partial charge in [-0.3, -0.25) is 0 Å². The van der Waals surface area contributed by atoms with Crippen LogP contribution in [0.1, 0.15) is 36.1 Å². The summed E-state index contributed by atoms with van der Waals surface area (Å²) in [5, 5.41) is 13.4. The summed E-state index contributed by atoms with van der Waals surface area (Å²) in [5.41, 5.74) is 3.77. The average Bonchev–Trinajstić information content (AvgIpc) is 2.63. The highest BCUT2D eigenvalue weighted by molar-refractivity contribution is 5.35. The summed E-state index contributed by atoms with van der Waals surface area (Å²) in [6, 6.07) is 16.8. The number of hydrogen-bond donors (Lipinski definition) is 2. The summed E-state index contributed by atoms with van der Waals surface area (Å²) in [6.45, 7) is 5.26. The van der Waals surface area contributed by atoms with Gasteiger partial charge in [-0.2, -0.15) is 0 Å². The molecule has 3 heteroatoms. The molecular weight excluding hydrogens is 298 g/mol. The van der Waals surface area contributed by atoms with Crippen LogP contribution in [-0.2, 0) is 6.42 Å². The van der Waals surface area contributed by atoms with Gasteiger partial charge in [-0.25, -0.2) is 0 Å². The van der Waals surface area contributed by atoms with Crippen molar-refractivity contribution in [3.05, 3.63) is 65.2 Å². The van der Waals surface area contributed by atoms with Gasteiger partial charge in [-0.15, -0.1) is 0 Å². The highest BCUT2D eigenvalue weighted by Crippen LogP contribution is 2.27. The van der Waals surface area contributed by atoms with E-state index in [2.05, 4.69) is 49.5 Å². The normalized spacial score (nSPS) is 13.5. The van der Waals surface area contributed by atoms with Gasteiger partial charge in [-0.1, -0.05) is 49.4 Å². The maximum absolute atomic E-state index is 9.77. The Kier molecular flexibility index (Phi) is 7.29. The van der Waals surface area contributed by atoms with Crippen LogP contribution in [0.25, 0.3) is 0 Å². The summed E-state index contributed by atoms with van der Waals surface area (Å²) in [6.07, 6.45) is 1.86. The zero-order valence-electron chi connectivity index (χ0n) is 15.0. The van der Waals surface area contributed by atoms with Crippen molar-refractivity contribution in [1.29, 1.82) is 0 Å². The number of nitrogens with one attached hydrogen (secondary N) is 1. The fourth-order valence-corrected chi connectivity index (χ4v) is 3.09. The second-order valence-corrected chi connectivity index (χ2v) is 6.29. The molecule has 0 fully saturated rings. The van der Waals surface area contributed by atoms with Crippen LogP contribution in [0.15, 0.2) is 48.5 Å². The summed E-state index contributed by atoms with van der Waals surface area (Å²) in [5.74, 6) is 1.12. The van der Waals surface area contributed by atoms with Crippen molar-refractivity contribution >= 4 is 0 Å². The van der Waals surface area contributed by atoms with Crippen molar-refractivity contribution in [2.45, 2.75) is 32.7 Å². The number of ether oxygens (including phenoxy) is 1. The molecule has 0 aliphatic rings. The Hall–Kier alpha value is -1.84. The van der Waals surface area contributed by atoms with Gasteiger partial charge >= 0.3 is 0 Å². The number of rotatable bonds is 9. The van der Waals surface area contributed by atoms with Crippen LogP contribution in [0.4, 0.5) is 0 Å². The minimum absolute atomic E-state index is 0.184. The lowest BCUT2D eigenvalue weighted by atomic mass is 9.95. The Morgan fingerprint density at radius 3 is 2.46 bits per heavy atom. The average molecular weight is 327 g/mol. The van der Waals surface area contributed by atoms with E-state index < -0.39 is 0 Å². The van der Waals surface area contributed by atoms with Crippen LogP contribution in [-0.4, -0.2) is 25.4 Å². The Labute approximate surface area is 145 Å². The second-order valence-electron chi connectivity index (χ2n) is 6.29. The van der Waals surface area contributed by atoms with E-state index in [1.54, 1.807) is 7.11 Å². The van der Waals surface area contributed by atoms with Crippen molar-refractivity contribution in [2.24, 2.45) is 5.92 Å². The minimum atomic E-state index is 0.184. The van der Waals surface area contributed by atoms with Crippen LogP contribution >= 0.6 is 0 Å². The monoisotopic (exact) mass is 327 g/mol. The summed E-state index contributed by atoms with van der Waals surface area (Å²) >= 11 is 0. The first-order chi connectivity index (χ1) is 11.7. The fourth-order valence-electron chi connectivity index (χ4n) is 3.09. The van der Waals surface area contributed by atoms with Gasteiger partial charge in [-0.05, 0) is 42.9 Å². The molecule has 0 heterocycles. The highest BCUT2D eigenvalue weighted by atomic mass is 16.5. The van der Waals surface area contributed by atoms with Crippen molar-refractivity contribution in [1.82, 2.24) is 5.32 Å². The lowest BCUT2D eigenvalue weighted by molar-refractivity contribution is 0.217. The molecule has 2 aromatic carbocycles. The molecule has 2 N–H and O–H groups in total. The quantitative estimate of drug-likeness (QED) is 0.734. The van der Waals surface area contributed by atoms with Gasteiger partial charge in [0.1, 0.15) is 5.75 Å². The number of aliphatic hydroxyl groups is 1. The maximum Gasteiger partial charge on any atom is 0.123 e. The van der Waals surface area contributed by atoms with E-state index in [9.17, 15) is 5.11 Å². The predicted molar refractivity (Wildman–Crippen MR) is 99.5 cm³/mol. The molecule has 130 valence electrons. The SMILES string of the molecule is CCC(NCC(CO)Cc1ccccc1C)c1ccccc1OC. The molecule has 3 nitrogen and oxygen atoms in total. The highest BCUT2D eigenvalue weighted by Gasteiger charge is 2.16. The lowest BCUT2D eigenvalue weighted by Gasteiger charge is -2.23. The molecule has 2 rings (SSSR count). The molecule has 2 atom stereocenters. The van der Waals surface area contributed by atoms with Crippen LogP contribution in [0.5, 0.6) is 5.75 Å². The van der Waals surface area contributed by atoms with Crippen LogP contribution in [0.3, 0.4) is 0 Å². The fraction of sp³-hybridized carbons (Fsp3) is 0.429. The minimum Gasteiger partial charge on any atom is -0.496 e. The van der Waals surface area contributed by atoms with E-state index in [4.69, 9.17) is 4.74 Å². The smallest absolute Gasteiger partial charge is 0.123 e. The number of methoxy groups -OCH3 is 1.